The summed E-state index contributed by atoms with van der Waals surface area (Å²) in [4.78, 5) is 0. The zero-order chi connectivity index (χ0) is 10.6. The number of rotatable bonds is 3. The zero-order valence-electron chi connectivity index (χ0n) is 7.87. The van der Waals surface area contributed by atoms with Gasteiger partial charge in [0.05, 0.1) is 0 Å². The number of ether oxygens (including phenoxy) is 1. The third-order valence-corrected chi connectivity index (χ3v) is 2.10. The average Bonchev–Trinajstić information content (AvgIpc) is 2.07. The van der Waals surface area contributed by atoms with Gasteiger partial charge in [0.1, 0.15) is 6.10 Å². The van der Waals surface area contributed by atoms with E-state index in [-0.39, 0.29) is 11.3 Å². The lowest BCUT2D eigenvalue weighted by Gasteiger charge is -2.12. The maximum Gasteiger partial charge on any atom is 0.254 e. The Hall–Kier alpha value is -0.800. The second-order valence-corrected chi connectivity index (χ2v) is 3.92. The van der Waals surface area contributed by atoms with Crippen molar-refractivity contribution >= 4 is 29.0 Å². The molecule has 0 radical (unpaired) electrons. The topological polar surface area (TPSA) is 35.2 Å². The first-order chi connectivity index (χ1) is 6.58. The van der Waals surface area contributed by atoms with Crippen molar-refractivity contribution in [2.24, 2.45) is 5.73 Å². The molecule has 1 atom stereocenters. The van der Waals surface area contributed by atoms with Gasteiger partial charge >= 0.3 is 0 Å². The highest BCUT2D eigenvalue weighted by atomic mass is 35.5. The number of benzene rings is 1. The minimum absolute atomic E-state index is 0.00586. The van der Waals surface area contributed by atoms with Gasteiger partial charge in [-0.15, -0.1) is 0 Å². The lowest BCUT2D eigenvalue weighted by molar-refractivity contribution is 0.211. The summed E-state index contributed by atoms with van der Waals surface area (Å²) in [7, 11) is 0. The van der Waals surface area contributed by atoms with Crippen LogP contribution in [0.25, 0.3) is 0 Å². The molecule has 0 aliphatic carbocycles. The molecule has 4 heteroatoms. The number of nitrogens with two attached hydrogens (primary N) is 1. The Morgan fingerprint density at radius 3 is 2.57 bits per heavy atom. The smallest absolute Gasteiger partial charge is 0.254 e. The van der Waals surface area contributed by atoms with E-state index < -0.39 is 0 Å². The lowest BCUT2D eigenvalue weighted by atomic mass is 10.1. The number of hydrogen-bond acceptors (Lipinski definition) is 2. The lowest BCUT2D eigenvalue weighted by Crippen LogP contribution is -2.21. The van der Waals surface area contributed by atoms with E-state index in [0.29, 0.717) is 0 Å². The molecular weight excluding hydrogens is 218 g/mol. The van der Waals surface area contributed by atoms with Crippen LogP contribution in [0, 0.1) is 0 Å². The summed E-state index contributed by atoms with van der Waals surface area (Å²) in [5.41, 5.74) is 6.41. The fourth-order valence-corrected chi connectivity index (χ4v) is 1.48. The summed E-state index contributed by atoms with van der Waals surface area (Å²) in [6.45, 7) is 1.92. The predicted octanol–water partition coefficient (Wildman–Crippen LogP) is 2.53. The Morgan fingerprint density at radius 2 is 2.07 bits per heavy atom. The molecule has 2 N–H and O–H groups in total. The fraction of sp³-hybridized carbons (Fsp3) is 0.300. The van der Waals surface area contributed by atoms with Gasteiger partial charge in [-0.1, -0.05) is 23.7 Å². The highest BCUT2D eigenvalue weighted by Gasteiger charge is 2.04. The van der Waals surface area contributed by atoms with Crippen molar-refractivity contribution in [2.75, 3.05) is 0 Å². The van der Waals surface area contributed by atoms with Gasteiger partial charge in [0.25, 0.3) is 5.17 Å². The van der Waals surface area contributed by atoms with E-state index in [4.69, 9.17) is 22.1 Å². The maximum absolute atomic E-state index is 5.76. The molecule has 0 aromatic heterocycles. The van der Waals surface area contributed by atoms with Crippen LogP contribution in [0.1, 0.15) is 12.5 Å². The molecule has 2 nitrogen and oxygen atoms in total. The van der Waals surface area contributed by atoms with Gasteiger partial charge in [0.15, 0.2) is 0 Å². The molecule has 0 unspecified atom stereocenters. The number of halogens is 1. The molecule has 1 rings (SSSR count). The Morgan fingerprint density at radius 1 is 1.50 bits per heavy atom. The van der Waals surface area contributed by atoms with Crippen LogP contribution >= 0.6 is 23.8 Å². The van der Waals surface area contributed by atoms with Crippen LogP contribution in [-0.4, -0.2) is 11.3 Å². The second-order valence-electron chi connectivity index (χ2n) is 3.08. The molecule has 14 heavy (non-hydrogen) atoms. The summed E-state index contributed by atoms with van der Waals surface area (Å²) in [6.07, 6.45) is 0.766. The fourth-order valence-electron chi connectivity index (χ4n) is 1.19. The standard InChI is InChI=1S/C10H12ClNOS/c1-7(13-10(12)14)6-8-2-4-9(11)5-3-8/h2-5,7H,6H2,1H3,(H2,12,14)/t7-/m0/s1. The van der Waals surface area contributed by atoms with Gasteiger partial charge in [-0.2, -0.15) is 0 Å². The van der Waals surface area contributed by atoms with Crippen LogP contribution in [0.4, 0.5) is 0 Å². The normalized spacial score (nSPS) is 12.1. The van der Waals surface area contributed by atoms with Gasteiger partial charge in [-0.05, 0) is 36.8 Å². The van der Waals surface area contributed by atoms with Crippen molar-refractivity contribution in [1.82, 2.24) is 0 Å². The molecule has 1 aromatic carbocycles. The third-order valence-electron chi connectivity index (χ3n) is 1.75. The van der Waals surface area contributed by atoms with Crippen LogP contribution in [0.15, 0.2) is 24.3 Å². The minimum Gasteiger partial charge on any atom is -0.468 e. The zero-order valence-corrected chi connectivity index (χ0v) is 9.44. The molecule has 1 aromatic rings. The van der Waals surface area contributed by atoms with E-state index in [0.717, 1.165) is 17.0 Å². The van der Waals surface area contributed by atoms with Crippen LogP contribution < -0.4 is 5.73 Å². The van der Waals surface area contributed by atoms with E-state index in [1.807, 2.05) is 31.2 Å². The van der Waals surface area contributed by atoms with Crippen molar-refractivity contribution in [2.45, 2.75) is 19.4 Å². The van der Waals surface area contributed by atoms with Gasteiger partial charge in [-0.3, -0.25) is 0 Å². The van der Waals surface area contributed by atoms with Crippen LogP contribution in [0.2, 0.25) is 5.02 Å². The van der Waals surface area contributed by atoms with Crippen molar-refractivity contribution in [3.63, 3.8) is 0 Å². The molecule has 0 aliphatic heterocycles. The number of thiocarbonyl (C=S) groups is 1. The summed E-state index contributed by atoms with van der Waals surface area (Å²) < 4.78 is 5.16. The molecule has 0 saturated carbocycles. The van der Waals surface area contributed by atoms with Crippen LogP contribution in [-0.2, 0) is 11.2 Å². The van der Waals surface area contributed by atoms with Crippen molar-refractivity contribution in [3.05, 3.63) is 34.9 Å². The average molecular weight is 230 g/mol. The molecular formula is C10H12ClNOS. The predicted molar refractivity (Wildman–Crippen MR) is 62.5 cm³/mol. The Balaban J connectivity index is 2.51. The van der Waals surface area contributed by atoms with Gasteiger partial charge < -0.3 is 10.5 Å². The van der Waals surface area contributed by atoms with Crippen molar-refractivity contribution in [3.8, 4) is 0 Å². The van der Waals surface area contributed by atoms with E-state index in [1.54, 1.807) is 0 Å². The SMILES string of the molecule is C[C@@H](Cc1ccc(Cl)cc1)OC(N)=S. The first-order valence-corrected chi connectivity index (χ1v) is 5.07. The Bertz CT molecular complexity index is 312. The molecule has 76 valence electrons. The first kappa shape index (κ1) is 11.3. The van der Waals surface area contributed by atoms with Gasteiger partial charge in [0, 0.05) is 11.4 Å². The van der Waals surface area contributed by atoms with E-state index in [2.05, 4.69) is 12.2 Å². The van der Waals surface area contributed by atoms with Crippen molar-refractivity contribution < 1.29 is 4.74 Å². The molecule has 0 aliphatic rings. The highest BCUT2D eigenvalue weighted by molar-refractivity contribution is 7.80. The number of hydrogen-bond donors (Lipinski definition) is 1. The Labute approximate surface area is 94.0 Å². The molecule has 0 saturated heterocycles. The quantitative estimate of drug-likeness (QED) is 0.810. The first-order valence-electron chi connectivity index (χ1n) is 4.28. The highest BCUT2D eigenvalue weighted by Crippen LogP contribution is 2.11. The molecule has 0 heterocycles. The summed E-state index contributed by atoms with van der Waals surface area (Å²) in [5.74, 6) is 0. The third kappa shape index (κ3) is 3.94. The van der Waals surface area contributed by atoms with Gasteiger partial charge in [0.2, 0.25) is 0 Å². The monoisotopic (exact) mass is 229 g/mol. The Kier molecular flexibility index (Phi) is 4.17. The van der Waals surface area contributed by atoms with E-state index in [1.165, 1.54) is 0 Å². The maximum atomic E-state index is 5.76. The van der Waals surface area contributed by atoms with Crippen molar-refractivity contribution in [1.29, 1.82) is 0 Å². The summed E-state index contributed by atoms with van der Waals surface area (Å²) in [6, 6.07) is 7.62. The molecule has 0 spiro atoms. The van der Waals surface area contributed by atoms with Gasteiger partial charge in [-0.25, -0.2) is 0 Å². The van der Waals surface area contributed by atoms with E-state index >= 15 is 0 Å². The summed E-state index contributed by atoms with van der Waals surface area (Å²) in [5, 5.41) is 0.822. The largest absolute Gasteiger partial charge is 0.468 e. The molecule has 0 bridgehead atoms. The molecule has 0 amide bonds. The minimum atomic E-state index is -0.00586. The van der Waals surface area contributed by atoms with Crippen LogP contribution in [0.5, 0.6) is 0 Å². The van der Waals surface area contributed by atoms with Crippen LogP contribution in [0.3, 0.4) is 0 Å². The van der Waals surface area contributed by atoms with E-state index in [9.17, 15) is 0 Å². The second kappa shape index (κ2) is 5.17. The summed E-state index contributed by atoms with van der Waals surface area (Å²) >= 11 is 10.4. The molecule has 0 fully saturated rings.